The Kier molecular flexibility index (Phi) is 4.92. The van der Waals surface area contributed by atoms with Crippen LogP contribution in [-0.2, 0) is 16.8 Å². The summed E-state index contributed by atoms with van der Waals surface area (Å²) < 4.78 is 0. The largest absolute Gasteiger partial charge is 0.393 e. The van der Waals surface area contributed by atoms with Crippen molar-refractivity contribution in [2.75, 3.05) is 0 Å². The van der Waals surface area contributed by atoms with E-state index in [9.17, 15) is 9.90 Å². The van der Waals surface area contributed by atoms with Crippen LogP contribution >= 0.6 is 11.6 Å². The van der Waals surface area contributed by atoms with Crippen LogP contribution in [0.15, 0.2) is 54.6 Å². The van der Waals surface area contributed by atoms with Gasteiger partial charge in [0.25, 0.3) is 0 Å². The van der Waals surface area contributed by atoms with Crippen LogP contribution in [0.3, 0.4) is 0 Å². The van der Waals surface area contributed by atoms with Crippen molar-refractivity contribution in [3.8, 4) is 0 Å². The number of aliphatic hydroxyl groups excluding tert-OH is 1. The summed E-state index contributed by atoms with van der Waals surface area (Å²) in [5, 5.41) is 14.4. The molecule has 1 amide bonds. The maximum absolute atomic E-state index is 13.1. The molecule has 3 nitrogen and oxygen atoms in total. The summed E-state index contributed by atoms with van der Waals surface area (Å²) in [5.41, 5.74) is 2.27. The van der Waals surface area contributed by atoms with E-state index in [4.69, 9.17) is 11.6 Å². The maximum atomic E-state index is 13.1. The summed E-state index contributed by atoms with van der Waals surface area (Å²) in [6, 6.07) is 18.3. The minimum Gasteiger partial charge on any atom is -0.393 e. The number of rotatable bonds is 5. The van der Waals surface area contributed by atoms with Crippen LogP contribution in [0, 0.1) is 23.7 Å². The third-order valence-electron chi connectivity index (χ3n) is 7.94. The Morgan fingerprint density at radius 1 is 0.966 bits per heavy atom. The van der Waals surface area contributed by atoms with Crippen LogP contribution in [-0.4, -0.2) is 17.1 Å². The summed E-state index contributed by atoms with van der Waals surface area (Å²) in [5.74, 6) is 1.93. The Hall–Kier alpha value is -1.84. The summed E-state index contributed by atoms with van der Waals surface area (Å²) in [6.45, 7) is 0.528. The predicted octanol–water partition coefficient (Wildman–Crippen LogP) is 4.71. The highest BCUT2D eigenvalue weighted by atomic mass is 35.5. The summed E-state index contributed by atoms with van der Waals surface area (Å²) >= 11 is 5.96. The normalized spacial score (nSPS) is 34.9. The number of aliphatic hydroxyl groups is 1. The SMILES string of the molecule is O=C(CC1(c2ccccc2)C2CC3CC1CC(C2)C3O)NCc1ccc(Cl)cc1. The molecule has 0 saturated heterocycles. The standard InChI is InChI=1S/C25H28ClNO2/c26-22-8-6-16(7-9-22)15-27-23(28)14-25(19-4-2-1-3-5-19)20-10-17-11-21(25)13-18(12-20)24(17)29/h1-9,17-18,20-21,24,29H,10-15H2,(H,27,28). The lowest BCUT2D eigenvalue weighted by Crippen LogP contribution is -2.61. The van der Waals surface area contributed by atoms with Gasteiger partial charge in [0.05, 0.1) is 6.10 Å². The number of nitrogens with one attached hydrogen (secondary N) is 1. The lowest BCUT2D eigenvalue weighted by molar-refractivity contribution is -0.147. The quantitative estimate of drug-likeness (QED) is 0.751. The molecule has 0 radical (unpaired) electrons. The smallest absolute Gasteiger partial charge is 0.221 e. The number of hydrogen-bond acceptors (Lipinski definition) is 2. The van der Waals surface area contributed by atoms with E-state index in [0.717, 1.165) is 31.2 Å². The number of amides is 1. The predicted molar refractivity (Wildman–Crippen MR) is 114 cm³/mol. The fourth-order valence-corrected chi connectivity index (χ4v) is 6.83. The fourth-order valence-electron chi connectivity index (χ4n) is 6.71. The first-order valence-electron chi connectivity index (χ1n) is 10.8. The molecule has 0 spiro atoms. The molecule has 0 aromatic heterocycles. The first kappa shape index (κ1) is 19.1. The zero-order chi connectivity index (χ0) is 20.0. The van der Waals surface area contributed by atoms with Crippen LogP contribution in [0.25, 0.3) is 0 Å². The first-order valence-corrected chi connectivity index (χ1v) is 11.2. The lowest BCUT2D eigenvalue weighted by atomic mass is 9.42. The average Bonchev–Trinajstić information content (AvgIpc) is 2.72. The van der Waals surface area contributed by atoms with Gasteiger partial charge in [-0.1, -0.05) is 54.1 Å². The fraction of sp³-hybridized carbons (Fsp3) is 0.480. The van der Waals surface area contributed by atoms with E-state index in [1.165, 1.54) is 5.56 Å². The number of carbonyl (C=O) groups excluding carboxylic acids is 1. The average molecular weight is 410 g/mol. The van der Waals surface area contributed by atoms with E-state index in [0.29, 0.717) is 41.7 Å². The van der Waals surface area contributed by atoms with Gasteiger partial charge >= 0.3 is 0 Å². The highest BCUT2D eigenvalue weighted by molar-refractivity contribution is 6.30. The third kappa shape index (κ3) is 3.29. The van der Waals surface area contributed by atoms with Gasteiger partial charge < -0.3 is 10.4 Å². The van der Waals surface area contributed by atoms with Crippen molar-refractivity contribution in [3.63, 3.8) is 0 Å². The Balaban J connectivity index is 1.39. The number of halogens is 1. The molecule has 6 rings (SSSR count). The Bertz CT molecular complexity index is 849. The van der Waals surface area contributed by atoms with E-state index in [1.807, 2.05) is 24.3 Å². The lowest BCUT2D eigenvalue weighted by Gasteiger charge is -2.63. The number of benzene rings is 2. The van der Waals surface area contributed by atoms with Gasteiger partial charge in [-0.2, -0.15) is 0 Å². The molecule has 2 aromatic rings. The van der Waals surface area contributed by atoms with E-state index in [2.05, 4.69) is 35.6 Å². The second kappa shape index (κ2) is 7.45. The molecule has 0 unspecified atom stereocenters. The Morgan fingerprint density at radius 3 is 2.14 bits per heavy atom. The van der Waals surface area contributed by atoms with Gasteiger partial charge in [-0.15, -0.1) is 0 Å². The molecule has 152 valence electrons. The highest BCUT2D eigenvalue weighted by Gasteiger charge is 2.60. The molecule has 4 aliphatic carbocycles. The zero-order valence-corrected chi connectivity index (χ0v) is 17.3. The van der Waals surface area contributed by atoms with Crippen LogP contribution in [0.4, 0.5) is 0 Å². The second-order valence-electron chi connectivity index (χ2n) is 9.33. The van der Waals surface area contributed by atoms with Crippen LogP contribution in [0.1, 0.15) is 43.2 Å². The molecule has 2 N–H and O–H groups in total. The zero-order valence-electron chi connectivity index (χ0n) is 16.6. The molecule has 0 atom stereocenters. The van der Waals surface area contributed by atoms with Gasteiger partial charge in [0.15, 0.2) is 0 Å². The van der Waals surface area contributed by atoms with Crippen molar-refractivity contribution < 1.29 is 9.90 Å². The van der Waals surface area contributed by atoms with Gasteiger partial charge in [-0.3, -0.25) is 4.79 Å². The molecule has 0 heterocycles. The van der Waals surface area contributed by atoms with E-state index < -0.39 is 0 Å². The van der Waals surface area contributed by atoms with Crippen molar-refractivity contribution in [2.45, 2.75) is 50.2 Å². The molecular formula is C25H28ClNO2. The van der Waals surface area contributed by atoms with Gasteiger partial charge in [0, 0.05) is 23.4 Å². The van der Waals surface area contributed by atoms with Crippen molar-refractivity contribution in [1.29, 1.82) is 0 Å². The monoisotopic (exact) mass is 409 g/mol. The molecule has 0 aliphatic heterocycles. The molecule has 4 heteroatoms. The topological polar surface area (TPSA) is 49.3 Å². The van der Waals surface area contributed by atoms with Crippen LogP contribution in [0.5, 0.6) is 0 Å². The summed E-state index contributed by atoms with van der Waals surface area (Å²) in [7, 11) is 0. The van der Waals surface area contributed by atoms with Gasteiger partial charge in [-0.05, 0) is 72.6 Å². The van der Waals surface area contributed by atoms with E-state index >= 15 is 0 Å². The summed E-state index contributed by atoms with van der Waals surface area (Å²) in [4.78, 5) is 13.1. The minimum atomic E-state index is -0.130. The van der Waals surface area contributed by atoms with Crippen molar-refractivity contribution in [1.82, 2.24) is 5.32 Å². The summed E-state index contributed by atoms with van der Waals surface area (Å²) in [6.07, 6.45) is 4.60. The second-order valence-corrected chi connectivity index (χ2v) is 9.77. The van der Waals surface area contributed by atoms with Crippen LogP contribution < -0.4 is 5.32 Å². The molecular weight excluding hydrogens is 382 g/mol. The van der Waals surface area contributed by atoms with Crippen LogP contribution in [0.2, 0.25) is 5.02 Å². The first-order chi connectivity index (χ1) is 14.1. The molecule has 2 aromatic carbocycles. The molecule has 4 aliphatic rings. The molecule has 4 fully saturated rings. The van der Waals surface area contributed by atoms with Crippen molar-refractivity contribution in [3.05, 3.63) is 70.7 Å². The van der Waals surface area contributed by atoms with E-state index in [1.54, 1.807) is 0 Å². The van der Waals surface area contributed by atoms with Gasteiger partial charge in [-0.25, -0.2) is 0 Å². The number of hydrogen-bond donors (Lipinski definition) is 2. The minimum absolute atomic E-state index is 0.0987. The van der Waals surface area contributed by atoms with Crippen molar-refractivity contribution >= 4 is 17.5 Å². The van der Waals surface area contributed by atoms with Gasteiger partial charge in [0.1, 0.15) is 0 Å². The molecule has 4 saturated carbocycles. The molecule has 4 bridgehead atoms. The number of carbonyl (C=O) groups is 1. The Labute approximate surface area is 177 Å². The third-order valence-corrected chi connectivity index (χ3v) is 8.19. The van der Waals surface area contributed by atoms with Crippen molar-refractivity contribution in [2.24, 2.45) is 23.7 Å². The Morgan fingerprint density at radius 2 is 1.55 bits per heavy atom. The van der Waals surface area contributed by atoms with E-state index in [-0.39, 0.29) is 17.4 Å². The highest BCUT2D eigenvalue weighted by Crippen LogP contribution is 2.64. The maximum Gasteiger partial charge on any atom is 0.221 e. The van der Waals surface area contributed by atoms with Gasteiger partial charge in [0.2, 0.25) is 5.91 Å². The molecule has 29 heavy (non-hydrogen) atoms.